The lowest BCUT2D eigenvalue weighted by atomic mass is 9.32. The van der Waals surface area contributed by atoms with Crippen LogP contribution in [0.5, 0.6) is 0 Å². The van der Waals surface area contributed by atoms with Crippen molar-refractivity contribution in [2.24, 2.45) is 56.7 Å². The Bertz CT molecular complexity index is 1000. The number of aliphatic hydroxyl groups excluding tert-OH is 1. The summed E-state index contributed by atoms with van der Waals surface area (Å²) in [6.45, 7) is 18.2. The van der Waals surface area contributed by atoms with Crippen molar-refractivity contribution < 1.29 is 24.2 Å². The van der Waals surface area contributed by atoms with Gasteiger partial charge in [-0.1, -0.05) is 41.2 Å². The molecule has 5 rings (SSSR count). The molecule has 0 amide bonds. The number of hydrogen-bond acceptors (Lipinski definition) is 5. The SMILES string of the molecule is C=C(CO)[C@@H]1CC[C@]2(C(=O)OC)CC[C@]3(C)[C@H](CC[C@@H]4[C@@]5(C)CC[C@H](OC(C)=O)C(C)(C)[C@@H]5CC[C@]43C)[C@@H]12. The van der Waals surface area contributed by atoms with Gasteiger partial charge in [-0.15, -0.1) is 0 Å². The molecule has 1 N–H and O–H groups in total. The van der Waals surface area contributed by atoms with E-state index in [1.807, 2.05) is 0 Å². The van der Waals surface area contributed by atoms with E-state index in [4.69, 9.17) is 9.47 Å². The summed E-state index contributed by atoms with van der Waals surface area (Å²) in [6, 6.07) is 0. The molecule has 0 aromatic heterocycles. The highest BCUT2D eigenvalue weighted by molar-refractivity contribution is 5.78. The van der Waals surface area contributed by atoms with E-state index < -0.39 is 5.41 Å². The van der Waals surface area contributed by atoms with Crippen molar-refractivity contribution in [3.05, 3.63) is 12.2 Å². The van der Waals surface area contributed by atoms with Crippen molar-refractivity contribution in [2.75, 3.05) is 13.7 Å². The van der Waals surface area contributed by atoms with Crippen LogP contribution in [0.1, 0.15) is 106 Å². The van der Waals surface area contributed by atoms with Crippen LogP contribution in [0.2, 0.25) is 0 Å². The smallest absolute Gasteiger partial charge is 0.312 e. The van der Waals surface area contributed by atoms with E-state index in [-0.39, 0.29) is 58.1 Å². The summed E-state index contributed by atoms with van der Waals surface area (Å²) in [7, 11) is 1.55. The Morgan fingerprint density at radius 3 is 2.21 bits per heavy atom. The molecular formula is C33H52O5. The highest BCUT2D eigenvalue weighted by Gasteiger charge is 2.72. The van der Waals surface area contributed by atoms with E-state index in [0.717, 1.165) is 56.9 Å². The third kappa shape index (κ3) is 3.51. The van der Waals surface area contributed by atoms with E-state index in [2.05, 4.69) is 41.2 Å². The van der Waals surface area contributed by atoms with Crippen LogP contribution in [-0.4, -0.2) is 36.9 Å². The number of carbonyl (C=O) groups is 2. The molecule has 0 saturated heterocycles. The van der Waals surface area contributed by atoms with Crippen LogP contribution in [0.4, 0.5) is 0 Å². The fourth-order valence-corrected chi connectivity index (χ4v) is 12.1. The maximum Gasteiger partial charge on any atom is 0.312 e. The predicted octanol–water partition coefficient (Wildman–Crippen LogP) is 6.72. The van der Waals surface area contributed by atoms with Gasteiger partial charge in [0.05, 0.1) is 19.1 Å². The van der Waals surface area contributed by atoms with Gasteiger partial charge in [0.15, 0.2) is 0 Å². The van der Waals surface area contributed by atoms with E-state index in [1.165, 1.54) is 12.8 Å². The van der Waals surface area contributed by atoms with Crippen LogP contribution in [0.25, 0.3) is 0 Å². The Morgan fingerprint density at radius 1 is 0.868 bits per heavy atom. The second kappa shape index (κ2) is 9.08. The molecule has 0 radical (unpaired) electrons. The topological polar surface area (TPSA) is 72.8 Å². The Morgan fingerprint density at radius 2 is 1.58 bits per heavy atom. The maximum atomic E-state index is 13.4. The average molecular weight is 529 g/mol. The van der Waals surface area contributed by atoms with Crippen LogP contribution < -0.4 is 0 Å². The lowest BCUT2D eigenvalue weighted by Crippen LogP contribution is -2.67. The van der Waals surface area contributed by atoms with Crippen molar-refractivity contribution in [3.8, 4) is 0 Å². The number of carbonyl (C=O) groups excluding carboxylic acids is 2. The van der Waals surface area contributed by atoms with Crippen molar-refractivity contribution in [1.82, 2.24) is 0 Å². The van der Waals surface area contributed by atoms with E-state index >= 15 is 0 Å². The van der Waals surface area contributed by atoms with Gasteiger partial charge in [-0.2, -0.15) is 0 Å². The molecule has 0 heterocycles. The van der Waals surface area contributed by atoms with Gasteiger partial charge in [0.1, 0.15) is 6.10 Å². The van der Waals surface area contributed by atoms with Crippen LogP contribution in [-0.2, 0) is 19.1 Å². The van der Waals surface area contributed by atoms with Crippen molar-refractivity contribution in [1.29, 1.82) is 0 Å². The zero-order chi connectivity index (χ0) is 27.9. The first-order valence-electron chi connectivity index (χ1n) is 15.3. The van der Waals surface area contributed by atoms with Crippen LogP contribution in [0, 0.1) is 56.7 Å². The van der Waals surface area contributed by atoms with Crippen molar-refractivity contribution in [3.63, 3.8) is 0 Å². The van der Waals surface area contributed by atoms with Crippen LogP contribution in [0.3, 0.4) is 0 Å². The number of esters is 2. The van der Waals surface area contributed by atoms with E-state index in [9.17, 15) is 14.7 Å². The van der Waals surface area contributed by atoms with Crippen LogP contribution >= 0.6 is 0 Å². The highest BCUT2D eigenvalue weighted by atomic mass is 16.5. The first-order chi connectivity index (χ1) is 17.7. The molecule has 214 valence electrons. The zero-order valence-corrected chi connectivity index (χ0v) is 25.0. The molecule has 10 atom stereocenters. The third-order valence-electron chi connectivity index (χ3n) is 14.0. The Labute approximate surface area is 230 Å². The van der Waals surface area contributed by atoms with E-state index in [0.29, 0.717) is 17.8 Å². The molecule has 0 aromatic rings. The van der Waals surface area contributed by atoms with Gasteiger partial charge in [0.25, 0.3) is 0 Å². The number of fused-ring (bicyclic) bond motifs is 7. The number of methoxy groups -OCH3 is 1. The van der Waals surface area contributed by atoms with Crippen LogP contribution in [0.15, 0.2) is 12.2 Å². The average Bonchev–Trinajstić information content (AvgIpc) is 3.26. The second-order valence-electron chi connectivity index (χ2n) is 15.3. The standard InChI is InChI=1S/C33H52O5/c1-20(19-34)22-11-16-33(28(36)37-8)18-17-31(6)23(27(22)33)9-10-25-30(5)14-13-26(38-21(2)35)29(3,4)24(30)12-15-32(25,31)7/h22-27,34H,1,9-19H2,2-8H3/t22-,23+,24-,25+,26-,27+,30-,31+,32+,33-/m0/s1. The summed E-state index contributed by atoms with van der Waals surface area (Å²) >= 11 is 0. The Balaban J connectivity index is 1.52. The fraction of sp³-hybridized carbons (Fsp3) is 0.879. The maximum absolute atomic E-state index is 13.4. The second-order valence-corrected chi connectivity index (χ2v) is 15.3. The van der Waals surface area contributed by atoms with Gasteiger partial charge in [-0.05, 0) is 116 Å². The minimum atomic E-state index is -0.434. The van der Waals surface area contributed by atoms with Gasteiger partial charge >= 0.3 is 11.9 Å². The number of aliphatic hydroxyl groups is 1. The summed E-state index contributed by atoms with van der Waals surface area (Å²) in [5.41, 5.74) is 0.943. The quantitative estimate of drug-likeness (QED) is 0.324. The van der Waals surface area contributed by atoms with Gasteiger partial charge in [-0.25, -0.2) is 0 Å². The molecule has 0 bridgehead atoms. The molecule has 38 heavy (non-hydrogen) atoms. The normalized spacial score (nSPS) is 49.1. The van der Waals surface area contributed by atoms with Crippen molar-refractivity contribution in [2.45, 2.75) is 112 Å². The van der Waals surface area contributed by atoms with Crippen molar-refractivity contribution >= 4 is 11.9 Å². The summed E-state index contributed by atoms with van der Waals surface area (Å²) < 4.78 is 11.4. The minimum Gasteiger partial charge on any atom is -0.469 e. The molecule has 5 aliphatic carbocycles. The minimum absolute atomic E-state index is 0.0000801. The first-order valence-corrected chi connectivity index (χ1v) is 15.3. The Hall–Kier alpha value is -1.36. The van der Waals surface area contributed by atoms with Gasteiger partial charge in [0, 0.05) is 12.3 Å². The lowest BCUT2D eigenvalue weighted by molar-refractivity contribution is -0.250. The summed E-state index contributed by atoms with van der Waals surface area (Å²) in [4.78, 5) is 25.4. The molecular weight excluding hydrogens is 476 g/mol. The molecule has 0 spiro atoms. The molecule has 5 saturated carbocycles. The predicted molar refractivity (Wildman–Crippen MR) is 148 cm³/mol. The molecule has 0 unspecified atom stereocenters. The summed E-state index contributed by atoms with van der Waals surface area (Å²) in [5, 5.41) is 10.1. The fourth-order valence-electron chi connectivity index (χ4n) is 12.1. The number of rotatable bonds is 4. The largest absolute Gasteiger partial charge is 0.469 e. The summed E-state index contributed by atoms with van der Waals surface area (Å²) in [6.07, 6.45) is 10.4. The summed E-state index contributed by atoms with van der Waals surface area (Å²) in [5.74, 6) is 1.76. The Kier molecular flexibility index (Phi) is 6.73. The molecule has 0 aromatic carbocycles. The monoisotopic (exact) mass is 528 g/mol. The molecule has 5 nitrogen and oxygen atoms in total. The molecule has 5 heteroatoms. The number of hydrogen-bond donors (Lipinski definition) is 1. The van der Waals surface area contributed by atoms with Gasteiger partial charge in [0.2, 0.25) is 0 Å². The molecule has 5 aliphatic rings. The zero-order valence-electron chi connectivity index (χ0n) is 25.0. The first kappa shape index (κ1) is 28.2. The highest BCUT2D eigenvalue weighted by Crippen LogP contribution is 2.77. The van der Waals surface area contributed by atoms with E-state index in [1.54, 1.807) is 14.0 Å². The van der Waals surface area contributed by atoms with Gasteiger partial charge < -0.3 is 14.6 Å². The number of ether oxygens (including phenoxy) is 2. The molecule has 0 aliphatic heterocycles. The van der Waals surface area contributed by atoms with Gasteiger partial charge in [-0.3, -0.25) is 9.59 Å². The lowest BCUT2D eigenvalue weighted by Gasteiger charge is -2.72. The molecule has 5 fully saturated rings. The third-order valence-corrected chi connectivity index (χ3v) is 14.0.